The first kappa shape index (κ1) is 15.9. The lowest BCUT2D eigenvalue weighted by molar-refractivity contribution is 0.256. The summed E-state index contributed by atoms with van der Waals surface area (Å²) in [5.74, 6) is 1.16. The molecule has 24 heavy (non-hydrogen) atoms. The third kappa shape index (κ3) is 2.60. The number of hydrogen-bond acceptors (Lipinski definition) is 4. The summed E-state index contributed by atoms with van der Waals surface area (Å²) in [6.07, 6.45) is 1.24. The summed E-state index contributed by atoms with van der Waals surface area (Å²) in [5, 5.41) is 1.34. The molecule has 1 aromatic carbocycles. The fourth-order valence-corrected chi connectivity index (χ4v) is 4.83. The Morgan fingerprint density at radius 2 is 1.88 bits per heavy atom. The summed E-state index contributed by atoms with van der Waals surface area (Å²) >= 11 is 1.82. The van der Waals surface area contributed by atoms with Crippen LogP contribution in [0.1, 0.15) is 33.2 Å². The zero-order valence-electron chi connectivity index (χ0n) is 14.8. The molecule has 0 saturated carbocycles. The van der Waals surface area contributed by atoms with Crippen LogP contribution in [-0.4, -0.2) is 47.2 Å². The standard InChI is InChI=1S/C19H26N4S/c1-4-9-21-10-12-22(13-11-21)19-20-18-17(23(19)14(2)3)15-7-5-6-8-16(15)24-18/h5-8,14H,4,9-13H2,1-3H3. The number of fused-ring (bicyclic) bond motifs is 3. The Labute approximate surface area is 147 Å². The summed E-state index contributed by atoms with van der Waals surface area (Å²) in [4.78, 5) is 11.3. The van der Waals surface area contributed by atoms with Crippen molar-refractivity contribution in [1.82, 2.24) is 14.5 Å². The van der Waals surface area contributed by atoms with Gasteiger partial charge in [0, 0.05) is 42.3 Å². The van der Waals surface area contributed by atoms with Gasteiger partial charge in [-0.05, 0) is 32.9 Å². The highest BCUT2D eigenvalue weighted by Crippen LogP contribution is 2.38. The van der Waals surface area contributed by atoms with Crippen molar-refractivity contribution in [3.8, 4) is 0 Å². The number of thiophene rings is 1. The summed E-state index contributed by atoms with van der Waals surface area (Å²) in [7, 11) is 0. The van der Waals surface area contributed by atoms with Gasteiger partial charge in [0.15, 0.2) is 0 Å². The molecule has 2 aromatic heterocycles. The highest BCUT2D eigenvalue weighted by Gasteiger charge is 2.25. The molecule has 0 aliphatic carbocycles. The molecule has 1 fully saturated rings. The maximum Gasteiger partial charge on any atom is 0.207 e. The molecule has 0 amide bonds. The van der Waals surface area contributed by atoms with E-state index in [0.717, 1.165) is 32.1 Å². The van der Waals surface area contributed by atoms with Crippen LogP contribution in [-0.2, 0) is 0 Å². The van der Waals surface area contributed by atoms with E-state index in [1.54, 1.807) is 0 Å². The summed E-state index contributed by atoms with van der Waals surface area (Å²) in [6, 6.07) is 9.10. The monoisotopic (exact) mass is 342 g/mol. The van der Waals surface area contributed by atoms with Gasteiger partial charge in [0.1, 0.15) is 4.83 Å². The topological polar surface area (TPSA) is 24.3 Å². The van der Waals surface area contributed by atoms with E-state index in [1.807, 2.05) is 11.3 Å². The molecule has 128 valence electrons. The van der Waals surface area contributed by atoms with Gasteiger partial charge in [-0.1, -0.05) is 25.1 Å². The first-order valence-corrected chi connectivity index (χ1v) is 9.87. The Kier molecular flexibility index (Phi) is 4.22. The molecule has 0 spiro atoms. The number of aromatic nitrogens is 2. The third-order valence-electron chi connectivity index (χ3n) is 4.92. The average Bonchev–Trinajstić information content (AvgIpc) is 3.11. The lowest BCUT2D eigenvalue weighted by Crippen LogP contribution is -2.47. The van der Waals surface area contributed by atoms with E-state index in [9.17, 15) is 0 Å². The molecule has 1 aliphatic heterocycles. The second-order valence-corrected chi connectivity index (χ2v) is 7.99. The minimum absolute atomic E-state index is 0.414. The van der Waals surface area contributed by atoms with Crippen LogP contribution in [0.5, 0.6) is 0 Å². The second kappa shape index (κ2) is 6.37. The Hall–Kier alpha value is -1.59. The van der Waals surface area contributed by atoms with Crippen molar-refractivity contribution >= 4 is 37.7 Å². The van der Waals surface area contributed by atoms with E-state index < -0.39 is 0 Å². The van der Waals surface area contributed by atoms with Crippen molar-refractivity contribution in [3.05, 3.63) is 24.3 Å². The number of anilines is 1. The first-order chi connectivity index (χ1) is 11.7. The zero-order valence-corrected chi connectivity index (χ0v) is 15.6. The number of hydrogen-bond donors (Lipinski definition) is 0. The molecule has 0 unspecified atom stereocenters. The molecule has 4 nitrogen and oxygen atoms in total. The highest BCUT2D eigenvalue weighted by atomic mass is 32.1. The van der Waals surface area contributed by atoms with E-state index in [0.29, 0.717) is 6.04 Å². The minimum atomic E-state index is 0.414. The number of rotatable bonds is 4. The van der Waals surface area contributed by atoms with Crippen molar-refractivity contribution in [2.45, 2.75) is 33.2 Å². The molecule has 3 heterocycles. The first-order valence-electron chi connectivity index (χ1n) is 9.05. The molecule has 3 aromatic rings. The van der Waals surface area contributed by atoms with Crippen molar-refractivity contribution in [2.75, 3.05) is 37.6 Å². The normalized spacial score (nSPS) is 16.8. The molecule has 1 aliphatic rings. The summed E-state index contributed by atoms with van der Waals surface area (Å²) < 4.78 is 3.78. The fraction of sp³-hybridized carbons (Fsp3) is 0.526. The summed E-state index contributed by atoms with van der Waals surface area (Å²) in [5.41, 5.74) is 1.32. The number of benzene rings is 1. The highest BCUT2D eigenvalue weighted by molar-refractivity contribution is 7.25. The Morgan fingerprint density at radius 3 is 2.58 bits per heavy atom. The molecule has 0 atom stereocenters. The van der Waals surface area contributed by atoms with Gasteiger partial charge in [-0.25, -0.2) is 4.98 Å². The molecular formula is C19H26N4S. The van der Waals surface area contributed by atoms with Gasteiger partial charge in [0.05, 0.1) is 5.52 Å². The molecular weight excluding hydrogens is 316 g/mol. The van der Waals surface area contributed by atoms with Gasteiger partial charge < -0.3 is 9.47 Å². The predicted octanol–water partition coefficient (Wildman–Crippen LogP) is 4.36. The van der Waals surface area contributed by atoms with E-state index in [4.69, 9.17) is 4.98 Å². The van der Waals surface area contributed by atoms with E-state index in [2.05, 4.69) is 59.4 Å². The summed E-state index contributed by atoms with van der Waals surface area (Å²) in [6.45, 7) is 12.5. The molecule has 5 heteroatoms. The van der Waals surface area contributed by atoms with Crippen molar-refractivity contribution in [1.29, 1.82) is 0 Å². The van der Waals surface area contributed by atoms with Crippen LogP contribution < -0.4 is 4.90 Å². The van der Waals surface area contributed by atoms with Crippen LogP contribution in [0.15, 0.2) is 24.3 Å². The lowest BCUT2D eigenvalue weighted by Gasteiger charge is -2.35. The van der Waals surface area contributed by atoms with Crippen LogP contribution in [0, 0.1) is 0 Å². The van der Waals surface area contributed by atoms with Gasteiger partial charge in [-0.2, -0.15) is 0 Å². The van der Waals surface area contributed by atoms with Gasteiger partial charge in [-0.3, -0.25) is 4.90 Å². The smallest absolute Gasteiger partial charge is 0.207 e. The SMILES string of the molecule is CCCN1CCN(c2nc3sc4ccccc4c3n2C(C)C)CC1. The van der Waals surface area contributed by atoms with E-state index in [-0.39, 0.29) is 0 Å². The van der Waals surface area contributed by atoms with Crippen LogP contribution in [0.25, 0.3) is 20.4 Å². The van der Waals surface area contributed by atoms with Crippen LogP contribution in [0.2, 0.25) is 0 Å². The third-order valence-corrected chi connectivity index (χ3v) is 5.97. The predicted molar refractivity (Wildman–Crippen MR) is 104 cm³/mol. The van der Waals surface area contributed by atoms with Crippen LogP contribution >= 0.6 is 11.3 Å². The van der Waals surface area contributed by atoms with Crippen LogP contribution in [0.3, 0.4) is 0 Å². The lowest BCUT2D eigenvalue weighted by atomic mass is 10.2. The van der Waals surface area contributed by atoms with Gasteiger partial charge in [0.2, 0.25) is 5.95 Å². The van der Waals surface area contributed by atoms with E-state index >= 15 is 0 Å². The molecule has 4 rings (SSSR count). The minimum Gasteiger partial charge on any atom is -0.340 e. The zero-order chi connectivity index (χ0) is 16.7. The van der Waals surface area contributed by atoms with Crippen molar-refractivity contribution < 1.29 is 0 Å². The Morgan fingerprint density at radius 1 is 1.12 bits per heavy atom. The maximum absolute atomic E-state index is 5.05. The molecule has 0 radical (unpaired) electrons. The van der Waals surface area contributed by atoms with Crippen molar-refractivity contribution in [3.63, 3.8) is 0 Å². The largest absolute Gasteiger partial charge is 0.340 e. The number of piperazine rings is 1. The van der Waals surface area contributed by atoms with Crippen molar-refractivity contribution in [2.24, 2.45) is 0 Å². The Bertz CT molecular complexity index is 840. The number of nitrogens with zero attached hydrogens (tertiary/aromatic N) is 4. The maximum atomic E-state index is 5.05. The quantitative estimate of drug-likeness (QED) is 0.704. The Balaban J connectivity index is 1.75. The molecule has 0 N–H and O–H groups in total. The number of imidazole rings is 1. The average molecular weight is 343 g/mol. The second-order valence-electron chi connectivity index (χ2n) is 6.96. The van der Waals surface area contributed by atoms with Gasteiger partial charge in [-0.15, -0.1) is 11.3 Å². The van der Waals surface area contributed by atoms with Gasteiger partial charge in [0.25, 0.3) is 0 Å². The fourth-order valence-electron chi connectivity index (χ4n) is 3.77. The van der Waals surface area contributed by atoms with E-state index in [1.165, 1.54) is 33.4 Å². The van der Waals surface area contributed by atoms with Crippen LogP contribution in [0.4, 0.5) is 5.95 Å². The molecule has 1 saturated heterocycles. The molecule has 0 bridgehead atoms. The van der Waals surface area contributed by atoms with Gasteiger partial charge >= 0.3 is 0 Å².